The van der Waals surface area contributed by atoms with Crippen LogP contribution in [0.1, 0.15) is 68.8 Å². The topological polar surface area (TPSA) is 100 Å². The lowest BCUT2D eigenvalue weighted by molar-refractivity contribution is 0.130. The molecule has 1 saturated carbocycles. The monoisotopic (exact) mass is 466 g/mol. The highest BCUT2D eigenvalue weighted by atomic mass is 19.1. The zero-order valence-electron chi connectivity index (χ0n) is 19.7. The third kappa shape index (κ3) is 4.20. The fraction of sp³-hybridized carbons (Fsp3) is 0.458. The van der Waals surface area contributed by atoms with Gasteiger partial charge in [0, 0.05) is 36.2 Å². The maximum absolute atomic E-state index is 14.1. The first-order valence-electron chi connectivity index (χ1n) is 11.5. The number of nitrogens with zero attached hydrogens (tertiary/aromatic N) is 6. The van der Waals surface area contributed by atoms with Crippen molar-refractivity contribution in [2.45, 2.75) is 64.4 Å². The van der Waals surface area contributed by atoms with Gasteiger partial charge in [-0.2, -0.15) is 14.6 Å². The van der Waals surface area contributed by atoms with Gasteiger partial charge in [-0.15, -0.1) is 0 Å². The Bertz CT molecular complexity index is 1310. The van der Waals surface area contributed by atoms with E-state index in [4.69, 9.17) is 14.0 Å². The van der Waals surface area contributed by atoms with Crippen molar-refractivity contribution in [2.24, 2.45) is 0 Å². The first-order chi connectivity index (χ1) is 16.4. The molecule has 0 N–H and O–H groups in total. The van der Waals surface area contributed by atoms with E-state index in [0.717, 1.165) is 37.4 Å². The average Bonchev–Trinajstić information content (AvgIpc) is 3.44. The number of ether oxygens (including phenoxy) is 2. The van der Waals surface area contributed by atoms with Crippen LogP contribution in [0.2, 0.25) is 0 Å². The lowest BCUT2D eigenvalue weighted by Gasteiger charge is -2.27. The first-order valence-corrected chi connectivity index (χ1v) is 11.5. The molecule has 1 aliphatic carbocycles. The van der Waals surface area contributed by atoms with Gasteiger partial charge in [0.25, 0.3) is 0 Å². The van der Waals surface area contributed by atoms with Crippen molar-refractivity contribution in [3.8, 4) is 23.0 Å². The van der Waals surface area contributed by atoms with Gasteiger partial charge in [-0.3, -0.25) is 0 Å². The molecule has 0 atom stereocenters. The zero-order chi connectivity index (χ0) is 23.8. The lowest BCUT2D eigenvalue weighted by atomic mass is 9.87. The van der Waals surface area contributed by atoms with E-state index in [1.54, 1.807) is 16.8 Å². The van der Waals surface area contributed by atoms with Gasteiger partial charge in [-0.25, -0.2) is 14.4 Å². The molecule has 1 fully saturated rings. The van der Waals surface area contributed by atoms with E-state index < -0.39 is 5.82 Å². The Morgan fingerprint density at radius 1 is 1.15 bits per heavy atom. The van der Waals surface area contributed by atoms with Crippen molar-refractivity contribution < 1.29 is 18.4 Å². The van der Waals surface area contributed by atoms with Crippen LogP contribution in [-0.2, 0) is 0 Å². The molecular weight excluding hydrogens is 439 g/mol. The van der Waals surface area contributed by atoms with Crippen LogP contribution in [0.5, 0.6) is 11.8 Å². The molecule has 0 saturated heterocycles. The smallest absolute Gasteiger partial charge is 0.229 e. The molecule has 4 aromatic heterocycles. The highest BCUT2D eigenvalue weighted by Gasteiger charge is 2.28. The first kappa shape index (κ1) is 22.2. The number of aromatic nitrogens is 6. The molecule has 4 aromatic rings. The molecule has 0 amide bonds. The van der Waals surface area contributed by atoms with Crippen LogP contribution in [0.3, 0.4) is 0 Å². The summed E-state index contributed by atoms with van der Waals surface area (Å²) in [5.74, 6) is 2.32. The summed E-state index contributed by atoms with van der Waals surface area (Å²) in [4.78, 5) is 13.4. The number of pyridine rings is 1. The number of halogens is 1. The van der Waals surface area contributed by atoms with Gasteiger partial charge in [-0.1, -0.05) is 19.0 Å². The van der Waals surface area contributed by atoms with Crippen LogP contribution in [-0.4, -0.2) is 42.9 Å². The van der Waals surface area contributed by atoms with Gasteiger partial charge in [0.1, 0.15) is 11.9 Å². The summed E-state index contributed by atoms with van der Waals surface area (Å²) in [6.07, 6.45) is 5.26. The fourth-order valence-corrected chi connectivity index (χ4v) is 4.37. The van der Waals surface area contributed by atoms with Crippen molar-refractivity contribution in [1.29, 1.82) is 0 Å². The predicted octanol–water partition coefficient (Wildman–Crippen LogP) is 4.86. The second kappa shape index (κ2) is 9.00. The van der Waals surface area contributed by atoms with Gasteiger partial charge >= 0.3 is 0 Å². The van der Waals surface area contributed by atoms with Crippen LogP contribution in [0.25, 0.3) is 16.9 Å². The summed E-state index contributed by atoms with van der Waals surface area (Å²) in [7, 11) is 1.45. The normalized spacial score (nSPS) is 18.5. The molecule has 0 radical (unpaired) electrons. The summed E-state index contributed by atoms with van der Waals surface area (Å²) in [5, 5.41) is 8.71. The van der Waals surface area contributed by atoms with Gasteiger partial charge < -0.3 is 14.0 Å². The Labute approximate surface area is 196 Å². The van der Waals surface area contributed by atoms with Gasteiger partial charge in [-0.05, 0) is 32.6 Å². The van der Waals surface area contributed by atoms with Crippen molar-refractivity contribution in [3.63, 3.8) is 0 Å². The molecule has 0 unspecified atom stereocenters. The van der Waals surface area contributed by atoms with Gasteiger partial charge in [0.15, 0.2) is 11.5 Å². The summed E-state index contributed by atoms with van der Waals surface area (Å²) >= 11 is 0. The van der Waals surface area contributed by atoms with Crippen molar-refractivity contribution in [3.05, 3.63) is 47.6 Å². The molecule has 0 spiro atoms. The van der Waals surface area contributed by atoms with Gasteiger partial charge in [0.05, 0.1) is 24.1 Å². The summed E-state index contributed by atoms with van der Waals surface area (Å²) in [5.41, 5.74) is 2.28. The second-order valence-corrected chi connectivity index (χ2v) is 8.93. The van der Waals surface area contributed by atoms with E-state index in [1.165, 1.54) is 19.2 Å². The molecule has 9 nitrogen and oxygen atoms in total. The molecular formula is C24H27FN6O3. The van der Waals surface area contributed by atoms with E-state index in [2.05, 4.69) is 39.1 Å². The van der Waals surface area contributed by atoms with Crippen molar-refractivity contribution in [2.75, 3.05) is 7.11 Å². The summed E-state index contributed by atoms with van der Waals surface area (Å²) in [6, 6.07) is 4.38. The van der Waals surface area contributed by atoms with E-state index >= 15 is 0 Å². The van der Waals surface area contributed by atoms with E-state index in [9.17, 15) is 4.39 Å². The minimum Gasteiger partial charge on any atom is -0.481 e. The average molecular weight is 467 g/mol. The Kier molecular flexibility index (Phi) is 5.89. The highest BCUT2D eigenvalue weighted by Crippen LogP contribution is 2.35. The largest absolute Gasteiger partial charge is 0.481 e. The number of fused-ring (bicyclic) bond motifs is 1. The zero-order valence-corrected chi connectivity index (χ0v) is 19.7. The van der Waals surface area contributed by atoms with E-state index in [-0.39, 0.29) is 23.8 Å². The minimum absolute atomic E-state index is 0.0367. The van der Waals surface area contributed by atoms with Crippen molar-refractivity contribution >= 4 is 5.65 Å². The number of hydrogen-bond donors (Lipinski definition) is 0. The van der Waals surface area contributed by atoms with Gasteiger partial charge in [0.2, 0.25) is 17.7 Å². The molecule has 0 bridgehead atoms. The Morgan fingerprint density at radius 3 is 2.65 bits per heavy atom. The molecule has 34 heavy (non-hydrogen) atoms. The van der Waals surface area contributed by atoms with Crippen LogP contribution in [0, 0.1) is 12.7 Å². The number of aryl methyl sites for hydroxylation is 1. The van der Waals surface area contributed by atoms with E-state index in [1.807, 2.05) is 6.92 Å². The van der Waals surface area contributed by atoms with Crippen LogP contribution in [0.15, 0.2) is 28.9 Å². The quantitative estimate of drug-likeness (QED) is 0.397. The Morgan fingerprint density at radius 2 is 1.94 bits per heavy atom. The van der Waals surface area contributed by atoms with Crippen LogP contribution >= 0.6 is 0 Å². The standard InChI is InChI=1S/C24H27FN6O3/c1-13(2)22-28-24(34-30-22)15-5-7-17(8-6-15)33-20-9-10-26-23-21(14(3)29-31(20)23)18-11-16(25)12-19(27-18)32-4/h9-13,15,17H,5-8H2,1-4H3. The van der Waals surface area contributed by atoms with Crippen LogP contribution < -0.4 is 9.47 Å². The minimum atomic E-state index is -0.438. The molecule has 5 rings (SSSR count). The molecule has 4 heterocycles. The summed E-state index contributed by atoms with van der Waals surface area (Å²) < 4.78 is 32.7. The molecule has 0 aliphatic heterocycles. The second-order valence-electron chi connectivity index (χ2n) is 8.93. The van der Waals surface area contributed by atoms with Crippen molar-refractivity contribution in [1.82, 2.24) is 29.7 Å². The third-order valence-corrected chi connectivity index (χ3v) is 6.18. The molecule has 0 aromatic carbocycles. The number of rotatable bonds is 6. The van der Waals surface area contributed by atoms with Crippen LogP contribution in [0.4, 0.5) is 4.39 Å². The molecule has 1 aliphatic rings. The maximum atomic E-state index is 14.1. The molecule has 10 heteroatoms. The molecule has 178 valence electrons. The maximum Gasteiger partial charge on any atom is 0.229 e. The summed E-state index contributed by atoms with van der Waals surface area (Å²) in [6.45, 7) is 5.95. The number of methoxy groups -OCH3 is 1. The SMILES string of the molecule is COc1cc(F)cc(-c2c(C)nn3c(OC4CCC(c5nc(C(C)C)no5)CC4)ccnc23)n1. The highest BCUT2D eigenvalue weighted by molar-refractivity contribution is 5.78. The lowest BCUT2D eigenvalue weighted by Crippen LogP contribution is -2.24. The Balaban J connectivity index is 1.35. The fourth-order valence-electron chi connectivity index (χ4n) is 4.37. The Hall–Kier alpha value is -3.56. The predicted molar refractivity (Wildman–Crippen MR) is 121 cm³/mol. The third-order valence-electron chi connectivity index (χ3n) is 6.18. The van der Waals surface area contributed by atoms with E-state index in [0.29, 0.717) is 28.5 Å². The number of hydrogen-bond acceptors (Lipinski definition) is 8.